The lowest BCUT2D eigenvalue weighted by Crippen LogP contribution is -2.53. The van der Waals surface area contributed by atoms with E-state index in [0.29, 0.717) is 36.9 Å². The number of carbonyl (C=O) groups is 3. The summed E-state index contributed by atoms with van der Waals surface area (Å²) in [6, 6.07) is 11.3. The summed E-state index contributed by atoms with van der Waals surface area (Å²) >= 11 is 0. The van der Waals surface area contributed by atoms with Crippen molar-refractivity contribution in [2.75, 3.05) is 18.0 Å². The summed E-state index contributed by atoms with van der Waals surface area (Å²) in [5, 5.41) is 21.8. The number of piperidine rings is 2. The van der Waals surface area contributed by atoms with Gasteiger partial charge in [0, 0.05) is 30.0 Å². The van der Waals surface area contributed by atoms with Gasteiger partial charge < -0.3 is 5.32 Å². The molecule has 3 aliphatic rings. The van der Waals surface area contributed by atoms with Crippen LogP contribution in [0.5, 0.6) is 0 Å². The number of rotatable bonds is 4. The summed E-state index contributed by atoms with van der Waals surface area (Å²) in [6.07, 6.45) is 6.31. The first kappa shape index (κ1) is 21.5. The molecule has 3 aliphatic heterocycles. The van der Waals surface area contributed by atoms with Crippen LogP contribution in [0, 0.1) is 11.3 Å². The van der Waals surface area contributed by atoms with E-state index in [1.54, 1.807) is 10.7 Å². The van der Waals surface area contributed by atoms with E-state index < -0.39 is 17.5 Å². The van der Waals surface area contributed by atoms with Crippen LogP contribution < -0.4 is 15.5 Å². The fourth-order valence-electron chi connectivity index (χ4n) is 5.60. The molecule has 9 nitrogen and oxygen atoms in total. The highest BCUT2D eigenvalue weighted by atomic mass is 16.2. The Morgan fingerprint density at radius 3 is 2.74 bits per heavy atom. The van der Waals surface area contributed by atoms with Crippen molar-refractivity contribution < 1.29 is 14.4 Å². The Labute approximate surface area is 201 Å². The van der Waals surface area contributed by atoms with Crippen LogP contribution in [0.15, 0.2) is 42.7 Å². The van der Waals surface area contributed by atoms with Crippen molar-refractivity contribution in [3.05, 3.63) is 59.4 Å². The SMILES string of the molecule is N#CC1(n2cc(Cc3ccc4c5c(cccc35)C(=O)N4C3CCC(=O)NC3=O)cn2)CCNCC1. The Bertz CT molecular complexity index is 1430. The molecule has 0 bridgehead atoms. The van der Waals surface area contributed by atoms with Crippen LogP contribution in [0.3, 0.4) is 0 Å². The van der Waals surface area contributed by atoms with Crippen molar-refractivity contribution in [1.29, 1.82) is 5.26 Å². The third-order valence-electron chi connectivity index (χ3n) is 7.45. The molecule has 1 atom stereocenters. The molecule has 0 aliphatic carbocycles. The zero-order chi connectivity index (χ0) is 24.2. The molecule has 1 aromatic heterocycles. The van der Waals surface area contributed by atoms with Crippen LogP contribution in [0.25, 0.3) is 10.8 Å². The van der Waals surface area contributed by atoms with E-state index in [-0.39, 0.29) is 18.2 Å². The monoisotopic (exact) mass is 468 g/mol. The van der Waals surface area contributed by atoms with E-state index >= 15 is 0 Å². The summed E-state index contributed by atoms with van der Waals surface area (Å²) in [5.74, 6) is -0.956. The van der Waals surface area contributed by atoms with E-state index in [1.807, 2.05) is 36.7 Å². The molecule has 0 radical (unpaired) electrons. The van der Waals surface area contributed by atoms with Gasteiger partial charge >= 0.3 is 0 Å². The summed E-state index contributed by atoms with van der Waals surface area (Å²) in [4.78, 5) is 39.0. The topological polar surface area (TPSA) is 120 Å². The minimum Gasteiger partial charge on any atom is -0.316 e. The van der Waals surface area contributed by atoms with Gasteiger partial charge in [-0.15, -0.1) is 0 Å². The van der Waals surface area contributed by atoms with Crippen molar-refractivity contribution in [2.24, 2.45) is 0 Å². The number of hydrogen-bond acceptors (Lipinski definition) is 6. The quantitative estimate of drug-likeness (QED) is 0.565. The third-order valence-corrected chi connectivity index (χ3v) is 7.45. The van der Waals surface area contributed by atoms with E-state index in [0.717, 1.165) is 35.0 Å². The molecular formula is C26H24N6O3. The van der Waals surface area contributed by atoms with E-state index in [4.69, 9.17) is 0 Å². The van der Waals surface area contributed by atoms with Crippen molar-refractivity contribution in [3.8, 4) is 6.07 Å². The number of nitrogens with one attached hydrogen (secondary N) is 2. The molecule has 2 N–H and O–H groups in total. The van der Waals surface area contributed by atoms with Crippen LogP contribution >= 0.6 is 0 Å². The maximum Gasteiger partial charge on any atom is 0.259 e. The smallest absolute Gasteiger partial charge is 0.259 e. The minimum absolute atomic E-state index is 0.210. The number of aromatic nitrogens is 2. The van der Waals surface area contributed by atoms with Crippen LogP contribution in [0.2, 0.25) is 0 Å². The first-order chi connectivity index (χ1) is 17.0. The van der Waals surface area contributed by atoms with E-state index in [9.17, 15) is 19.6 Å². The Morgan fingerprint density at radius 2 is 1.97 bits per heavy atom. The van der Waals surface area contributed by atoms with Gasteiger partial charge in [-0.3, -0.25) is 29.3 Å². The predicted molar refractivity (Wildman–Crippen MR) is 128 cm³/mol. The molecule has 3 aromatic rings. The lowest BCUT2D eigenvalue weighted by molar-refractivity contribution is -0.134. The number of nitriles is 1. The van der Waals surface area contributed by atoms with Crippen molar-refractivity contribution in [1.82, 2.24) is 20.4 Å². The summed E-state index contributed by atoms with van der Waals surface area (Å²) in [5.41, 5.74) is 2.68. The largest absolute Gasteiger partial charge is 0.316 e. The summed E-state index contributed by atoms with van der Waals surface area (Å²) in [6.45, 7) is 1.57. The normalized spacial score (nSPS) is 21.3. The number of carbonyl (C=O) groups excluding carboxylic acids is 3. The fraction of sp³-hybridized carbons (Fsp3) is 0.346. The number of imide groups is 1. The number of nitrogens with zero attached hydrogens (tertiary/aromatic N) is 4. The molecule has 4 heterocycles. The van der Waals surface area contributed by atoms with Gasteiger partial charge in [-0.1, -0.05) is 18.2 Å². The highest BCUT2D eigenvalue weighted by molar-refractivity contribution is 6.27. The first-order valence-corrected chi connectivity index (χ1v) is 11.9. The molecule has 2 aromatic carbocycles. The van der Waals surface area contributed by atoms with Crippen LogP contribution in [-0.4, -0.2) is 46.6 Å². The predicted octanol–water partition coefficient (Wildman–Crippen LogP) is 1.99. The second-order valence-corrected chi connectivity index (χ2v) is 9.48. The highest BCUT2D eigenvalue weighted by Crippen LogP contribution is 2.41. The van der Waals surface area contributed by atoms with Crippen molar-refractivity contribution >= 4 is 34.2 Å². The van der Waals surface area contributed by atoms with Gasteiger partial charge in [0.15, 0.2) is 5.54 Å². The average Bonchev–Trinajstić information content (AvgIpc) is 3.46. The Hall–Kier alpha value is -4.03. The molecule has 0 saturated carbocycles. The highest BCUT2D eigenvalue weighted by Gasteiger charge is 2.41. The van der Waals surface area contributed by atoms with Gasteiger partial charge in [0.2, 0.25) is 11.8 Å². The standard InChI is InChI=1S/C26H24N6O3/c27-15-26(8-10-28-11-9-26)31-14-16(13-29-31)12-17-4-5-20-23-18(17)2-1-3-19(23)25(35)32(20)21-6-7-22(33)30-24(21)34/h1-5,13-14,21,28H,6-12H2,(H,30,33,34). The molecule has 3 amide bonds. The third kappa shape index (κ3) is 3.33. The lowest BCUT2D eigenvalue weighted by Gasteiger charge is -2.31. The number of amides is 3. The molecule has 176 valence electrons. The van der Waals surface area contributed by atoms with Crippen LogP contribution in [0.1, 0.15) is 47.2 Å². The van der Waals surface area contributed by atoms with Crippen molar-refractivity contribution in [2.45, 2.75) is 43.7 Å². The maximum atomic E-state index is 13.3. The molecule has 9 heteroatoms. The summed E-state index contributed by atoms with van der Waals surface area (Å²) in [7, 11) is 0. The van der Waals surface area contributed by atoms with Gasteiger partial charge in [0.25, 0.3) is 5.91 Å². The Balaban J connectivity index is 1.35. The Kier molecular flexibility index (Phi) is 4.93. The molecule has 2 saturated heterocycles. The van der Waals surface area contributed by atoms with Crippen LogP contribution in [0.4, 0.5) is 5.69 Å². The lowest BCUT2D eigenvalue weighted by atomic mass is 9.90. The van der Waals surface area contributed by atoms with Gasteiger partial charge in [-0.25, -0.2) is 0 Å². The molecule has 35 heavy (non-hydrogen) atoms. The zero-order valence-electron chi connectivity index (χ0n) is 19.1. The molecule has 6 rings (SSSR count). The molecular weight excluding hydrogens is 444 g/mol. The Morgan fingerprint density at radius 1 is 1.14 bits per heavy atom. The molecule has 1 unspecified atom stereocenters. The minimum atomic E-state index is -0.702. The van der Waals surface area contributed by atoms with Gasteiger partial charge in [0.05, 0.1) is 18.0 Å². The zero-order valence-corrected chi connectivity index (χ0v) is 19.1. The molecule has 2 fully saturated rings. The van der Waals surface area contributed by atoms with Gasteiger partial charge in [-0.2, -0.15) is 10.4 Å². The first-order valence-electron chi connectivity index (χ1n) is 11.9. The molecule has 0 spiro atoms. The van der Waals surface area contributed by atoms with E-state index in [1.165, 1.54) is 4.90 Å². The van der Waals surface area contributed by atoms with E-state index in [2.05, 4.69) is 21.8 Å². The second kappa shape index (κ2) is 8.03. The van der Waals surface area contributed by atoms with Crippen molar-refractivity contribution in [3.63, 3.8) is 0 Å². The van der Waals surface area contributed by atoms with Gasteiger partial charge in [-0.05, 0) is 61.0 Å². The number of hydrogen-bond donors (Lipinski definition) is 2. The second-order valence-electron chi connectivity index (χ2n) is 9.48. The fourth-order valence-corrected chi connectivity index (χ4v) is 5.60. The average molecular weight is 469 g/mol. The van der Waals surface area contributed by atoms with Crippen LogP contribution in [-0.2, 0) is 21.5 Å². The van der Waals surface area contributed by atoms with Gasteiger partial charge in [0.1, 0.15) is 6.04 Å². The summed E-state index contributed by atoms with van der Waals surface area (Å²) < 4.78 is 1.80. The maximum absolute atomic E-state index is 13.3. The number of anilines is 1. The number of benzene rings is 2.